The van der Waals surface area contributed by atoms with Crippen LogP contribution in [0.4, 0.5) is 0 Å². The lowest BCUT2D eigenvalue weighted by Gasteiger charge is -2.34. The van der Waals surface area contributed by atoms with Crippen LogP contribution in [0.1, 0.15) is 28.9 Å². The van der Waals surface area contributed by atoms with Gasteiger partial charge < -0.3 is 14.5 Å². The third-order valence-corrected chi connectivity index (χ3v) is 5.53. The van der Waals surface area contributed by atoms with Crippen LogP contribution in [0, 0.1) is 11.3 Å². The summed E-state index contributed by atoms with van der Waals surface area (Å²) in [6.07, 6.45) is 1.83. The molecule has 0 spiro atoms. The van der Waals surface area contributed by atoms with Crippen molar-refractivity contribution >= 4 is 39.1 Å². The topological polar surface area (TPSA) is 73.6 Å². The molecular weight excluding hydrogens is 394 g/mol. The van der Waals surface area contributed by atoms with Gasteiger partial charge in [-0.2, -0.15) is 5.26 Å². The molecule has 0 aromatic carbocycles. The highest BCUT2D eigenvalue weighted by Gasteiger charge is 2.27. The van der Waals surface area contributed by atoms with Gasteiger partial charge in [0.15, 0.2) is 0 Å². The molecule has 0 bridgehead atoms. The molecule has 1 fully saturated rings. The molecule has 1 aromatic heterocycles. The summed E-state index contributed by atoms with van der Waals surface area (Å²) < 4.78 is 6.22. The number of amides is 2. The van der Waals surface area contributed by atoms with Gasteiger partial charge in [-0.15, -0.1) is 11.3 Å². The SMILES string of the molecule is CN(CC(=O)N(CCC#N)C1CCOCC1)C(=O)c1ccc(Br)s1. The Labute approximate surface area is 154 Å². The summed E-state index contributed by atoms with van der Waals surface area (Å²) in [5.41, 5.74) is 0. The predicted octanol–water partition coefficient (Wildman–Crippen LogP) is 2.50. The monoisotopic (exact) mass is 413 g/mol. The average Bonchev–Trinajstić information content (AvgIpc) is 3.02. The molecule has 0 radical (unpaired) electrons. The number of likely N-dealkylation sites (N-methyl/N-ethyl adjacent to an activating group) is 1. The first kappa shape index (κ1) is 18.9. The molecule has 6 nitrogen and oxygen atoms in total. The fourth-order valence-corrected chi connectivity index (χ4v) is 4.04. The summed E-state index contributed by atoms with van der Waals surface area (Å²) in [5, 5.41) is 8.84. The molecule has 0 aliphatic carbocycles. The van der Waals surface area contributed by atoms with E-state index >= 15 is 0 Å². The van der Waals surface area contributed by atoms with Crippen molar-refractivity contribution in [2.75, 3.05) is 33.4 Å². The van der Waals surface area contributed by atoms with Crippen LogP contribution in [0.15, 0.2) is 15.9 Å². The minimum absolute atomic E-state index is 0.0110. The Hall–Kier alpha value is -1.43. The van der Waals surface area contributed by atoms with E-state index in [9.17, 15) is 9.59 Å². The fourth-order valence-electron chi connectivity index (χ4n) is 2.66. The average molecular weight is 414 g/mol. The van der Waals surface area contributed by atoms with Crippen LogP contribution in [0.25, 0.3) is 0 Å². The van der Waals surface area contributed by atoms with Crippen molar-refractivity contribution in [1.29, 1.82) is 5.26 Å². The van der Waals surface area contributed by atoms with Crippen molar-refractivity contribution in [2.45, 2.75) is 25.3 Å². The van der Waals surface area contributed by atoms with E-state index in [2.05, 4.69) is 22.0 Å². The molecule has 24 heavy (non-hydrogen) atoms. The number of ether oxygens (including phenoxy) is 1. The van der Waals surface area contributed by atoms with Gasteiger partial charge in [-0.05, 0) is 40.9 Å². The number of hydrogen-bond acceptors (Lipinski definition) is 5. The lowest BCUT2D eigenvalue weighted by atomic mass is 10.1. The van der Waals surface area contributed by atoms with E-state index in [1.54, 1.807) is 18.0 Å². The Bertz CT molecular complexity index is 622. The smallest absolute Gasteiger partial charge is 0.264 e. The van der Waals surface area contributed by atoms with Gasteiger partial charge in [0, 0.05) is 32.8 Å². The van der Waals surface area contributed by atoms with E-state index in [0.717, 1.165) is 16.6 Å². The minimum Gasteiger partial charge on any atom is -0.381 e. The molecule has 1 saturated heterocycles. The van der Waals surface area contributed by atoms with E-state index in [1.165, 1.54) is 16.2 Å². The quantitative estimate of drug-likeness (QED) is 0.717. The fraction of sp³-hybridized carbons (Fsp3) is 0.562. The lowest BCUT2D eigenvalue weighted by molar-refractivity contribution is -0.135. The predicted molar refractivity (Wildman–Crippen MR) is 94.8 cm³/mol. The van der Waals surface area contributed by atoms with Crippen molar-refractivity contribution in [2.24, 2.45) is 0 Å². The van der Waals surface area contributed by atoms with Crippen LogP contribution in [-0.2, 0) is 9.53 Å². The van der Waals surface area contributed by atoms with Crippen molar-refractivity contribution in [3.63, 3.8) is 0 Å². The molecule has 2 rings (SSSR count). The number of carbonyl (C=O) groups excluding carboxylic acids is 2. The maximum absolute atomic E-state index is 12.7. The van der Waals surface area contributed by atoms with Gasteiger partial charge >= 0.3 is 0 Å². The molecule has 1 aliphatic heterocycles. The van der Waals surface area contributed by atoms with Gasteiger partial charge in [-0.1, -0.05) is 0 Å². The summed E-state index contributed by atoms with van der Waals surface area (Å²) in [5.74, 6) is -0.296. The Kier molecular flexibility index (Phi) is 7.21. The number of hydrogen-bond donors (Lipinski definition) is 0. The van der Waals surface area contributed by atoms with Crippen LogP contribution in [0.5, 0.6) is 0 Å². The van der Waals surface area contributed by atoms with Gasteiger partial charge in [0.1, 0.15) is 0 Å². The van der Waals surface area contributed by atoms with Gasteiger partial charge in [-0.3, -0.25) is 9.59 Å². The second-order valence-electron chi connectivity index (χ2n) is 5.60. The van der Waals surface area contributed by atoms with Crippen molar-refractivity contribution in [3.05, 3.63) is 20.8 Å². The largest absolute Gasteiger partial charge is 0.381 e. The van der Waals surface area contributed by atoms with E-state index in [-0.39, 0.29) is 24.4 Å². The lowest BCUT2D eigenvalue weighted by Crippen LogP contribution is -2.48. The third kappa shape index (κ3) is 5.03. The minimum atomic E-state index is -0.175. The van der Waals surface area contributed by atoms with Crippen molar-refractivity contribution in [1.82, 2.24) is 9.80 Å². The van der Waals surface area contributed by atoms with E-state index in [0.29, 0.717) is 31.1 Å². The molecule has 0 atom stereocenters. The number of rotatable bonds is 6. The van der Waals surface area contributed by atoms with Crippen LogP contribution in [0.2, 0.25) is 0 Å². The Morgan fingerprint density at radius 2 is 2.12 bits per heavy atom. The molecule has 2 amide bonds. The molecule has 130 valence electrons. The number of nitrogens with zero attached hydrogens (tertiary/aromatic N) is 3. The maximum Gasteiger partial charge on any atom is 0.264 e. The van der Waals surface area contributed by atoms with Crippen LogP contribution < -0.4 is 0 Å². The van der Waals surface area contributed by atoms with Crippen molar-refractivity contribution in [3.8, 4) is 6.07 Å². The van der Waals surface area contributed by atoms with Gasteiger partial charge in [0.25, 0.3) is 5.91 Å². The van der Waals surface area contributed by atoms with Gasteiger partial charge in [0.2, 0.25) is 5.91 Å². The number of thiophene rings is 1. The first-order valence-electron chi connectivity index (χ1n) is 7.78. The highest BCUT2D eigenvalue weighted by Crippen LogP contribution is 2.23. The maximum atomic E-state index is 12.7. The zero-order chi connectivity index (χ0) is 17.5. The second kappa shape index (κ2) is 9.16. The summed E-state index contributed by atoms with van der Waals surface area (Å²) in [7, 11) is 1.63. The summed E-state index contributed by atoms with van der Waals surface area (Å²) >= 11 is 4.68. The zero-order valence-electron chi connectivity index (χ0n) is 13.5. The third-order valence-electron chi connectivity index (χ3n) is 3.92. The number of halogens is 1. The van der Waals surface area contributed by atoms with Crippen LogP contribution in [-0.4, -0.2) is 61.0 Å². The molecular formula is C16H20BrN3O3S. The van der Waals surface area contributed by atoms with Crippen molar-refractivity contribution < 1.29 is 14.3 Å². The molecule has 0 saturated carbocycles. The zero-order valence-corrected chi connectivity index (χ0v) is 15.9. The van der Waals surface area contributed by atoms with Gasteiger partial charge in [-0.25, -0.2) is 0 Å². The highest BCUT2D eigenvalue weighted by atomic mass is 79.9. The summed E-state index contributed by atoms with van der Waals surface area (Å²) in [6.45, 7) is 1.65. The van der Waals surface area contributed by atoms with E-state index in [1.807, 2.05) is 6.07 Å². The van der Waals surface area contributed by atoms with E-state index in [4.69, 9.17) is 10.00 Å². The van der Waals surface area contributed by atoms with Gasteiger partial charge in [0.05, 0.1) is 27.7 Å². The second-order valence-corrected chi connectivity index (χ2v) is 8.07. The Morgan fingerprint density at radius 3 is 2.71 bits per heavy atom. The molecule has 2 heterocycles. The van der Waals surface area contributed by atoms with Crippen LogP contribution in [0.3, 0.4) is 0 Å². The molecule has 1 aliphatic rings. The standard InChI is InChI=1S/C16H20BrN3O3S/c1-19(16(22)13-3-4-14(17)24-13)11-15(21)20(8-2-7-18)12-5-9-23-10-6-12/h3-4,12H,2,5-6,8-11H2,1H3. The Balaban J connectivity index is 2.00. The first-order valence-corrected chi connectivity index (χ1v) is 9.39. The molecule has 1 aromatic rings. The summed E-state index contributed by atoms with van der Waals surface area (Å²) in [4.78, 5) is 28.8. The Morgan fingerprint density at radius 1 is 1.42 bits per heavy atom. The molecule has 0 N–H and O–H groups in total. The number of carbonyl (C=O) groups is 2. The molecule has 0 unspecified atom stereocenters. The molecule has 8 heteroatoms. The van der Waals surface area contributed by atoms with Crippen LogP contribution >= 0.6 is 27.3 Å². The first-order chi connectivity index (χ1) is 11.5. The number of nitriles is 1. The normalized spacial score (nSPS) is 14.9. The van der Waals surface area contributed by atoms with E-state index < -0.39 is 0 Å². The highest BCUT2D eigenvalue weighted by molar-refractivity contribution is 9.11. The summed E-state index contributed by atoms with van der Waals surface area (Å²) in [6, 6.07) is 5.72.